The Balaban J connectivity index is 3.34. The highest BCUT2D eigenvalue weighted by Gasteiger charge is 2.30. The van der Waals surface area contributed by atoms with Gasteiger partial charge in [0.1, 0.15) is 0 Å². The van der Waals surface area contributed by atoms with Gasteiger partial charge in [-0.2, -0.15) is 25.8 Å². The molecule has 0 spiro atoms. The molecule has 106 valence electrons. The minimum atomic E-state index is -4.73. The maximum absolute atomic E-state index is 13.1. The van der Waals surface area contributed by atoms with E-state index < -0.39 is 54.8 Å². The van der Waals surface area contributed by atoms with Crippen molar-refractivity contribution in [2.24, 2.45) is 0 Å². The Hall–Kier alpha value is -1.16. The molecule has 1 N–H and O–H groups in total. The van der Waals surface area contributed by atoms with Gasteiger partial charge < -0.3 is 5.11 Å². The Labute approximate surface area is 109 Å². The molecule has 1 aromatic carbocycles. The quantitative estimate of drug-likeness (QED) is 0.384. The Kier molecular flexibility index (Phi) is 4.91. The normalized spacial score (nSPS) is 13.2. The van der Waals surface area contributed by atoms with Crippen molar-refractivity contribution in [1.29, 1.82) is 0 Å². The Morgan fingerprint density at radius 3 is 2.21 bits per heavy atom. The second kappa shape index (κ2) is 5.87. The van der Waals surface area contributed by atoms with Crippen molar-refractivity contribution in [3.05, 3.63) is 23.8 Å². The molecule has 2 nitrogen and oxygen atoms in total. The van der Waals surface area contributed by atoms with Crippen LogP contribution in [0.1, 0.15) is 10.4 Å². The number of alkyl halides is 3. The van der Waals surface area contributed by atoms with Gasteiger partial charge in [-0.3, -0.25) is 0 Å². The molecule has 0 heterocycles. The van der Waals surface area contributed by atoms with Crippen LogP contribution in [-0.4, -0.2) is 22.0 Å². The maximum Gasteiger partial charge on any atom is 0.446 e. The monoisotopic (exact) mass is 322 g/mol. The fourth-order valence-electron chi connectivity index (χ4n) is 1.08. The molecular formula is C9H4F6O2S2. The average Bonchev–Trinajstić information content (AvgIpc) is 2.24. The molecule has 0 aliphatic heterocycles. The van der Waals surface area contributed by atoms with E-state index in [0.29, 0.717) is 18.2 Å². The van der Waals surface area contributed by atoms with E-state index in [1.807, 2.05) is 0 Å². The van der Waals surface area contributed by atoms with Crippen LogP contribution in [0.25, 0.3) is 0 Å². The molecule has 0 aliphatic rings. The first kappa shape index (κ1) is 15.9. The van der Waals surface area contributed by atoms with Crippen LogP contribution in [0.15, 0.2) is 28.0 Å². The summed E-state index contributed by atoms with van der Waals surface area (Å²) >= 11 is -0.704. The third-order valence-corrected chi connectivity index (χ3v) is 3.33. The number of carboxylic acid groups (broad SMARTS) is 1. The number of halogens is 6. The third-order valence-electron chi connectivity index (χ3n) is 1.70. The molecule has 0 aromatic heterocycles. The lowest BCUT2D eigenvalue weighted by Gasteiger charge is -2.08. The summed E-state index contributed by atoms with van der Waals surface area (Å²) in [4.78, 5) is 9.18. The predicted molar refractivity (Wildman–Crippen MR) is 59.5 cm³/mol. The van der Waals surface area contributed by atoms with Gasteiger partial charge in [0.2, 0.25) is 0 Å². The highest BCUT2D eigenvalue weighted by atomic mass is 32.2. The Bertz CT molecular complexity index is 536. The van der Waals surface area contributed by atoms with E-state index in [4.69, 9.17) is 5.11 Å². The molecule has 19 heavy (non-hydrogen) atoms. The number of benzene rings is 1. The van der Waals surface area contributed by atoms with Crippen molar-refractivity contribution >= 4 is 34.0 Å². The maximum atomic E-state index is 13.1. The standard InChI is InChI=1S/C9H4F6O2S2/c10-8(11)19(15)6-2-4(7(16)17)1-5(3-6)18-9(12,13)14/h1-3H,(H,16,17). The first-order valence-electron chi connectivity index (χ1n) is 4.33. The highest BCUT2D eigenvalue weighted by molar-refractivity contribution is 8.11. The van der Waals surface area contributed by atoms with Crippen LogP contribution < -0.4 is 0 Å². The van der Waals surface area contributed by atoms with Crippen molar-refractivity contribution in [1.82, 2.24) is 0 Å². The van der Waals surface area contributed by atoms with E-state index in [0.717, 1.165) is 0 Å². The van der Waals surface area contributed by atoms with Gasteiger partial charge in [-0.05, 0) is 30.0 Å². The fourth-order valence-corrected chi connectivity index (χ4v) is 2.43. The van der Waals surface area contributed by atoms with Gasteiger partial charge in [0, 0.05) is 9.79 Å². The second-order valence-electron chi connectivity index (χ2n) is 3.03. The lowest BCUT2D eigenvalue weighted by molar-refractivity contribution is -0.0328. The SMILES string of the molecule is O=C(O)c1cc(SC(F)(F)F)cc(S(F)=C(F)F)c1. The van der Waals surface area contributed by atoms with Crippen molar-refractivity contribution in [3.63, 3.8) is 0 Å². The molecule has 0 fully saturated rings. The lowest BCUT2D eigenvalue weighted by Crippen LogP contribution is -2.02. The molecule has 1 rings (SSSR count). The van der Waals surface area contributed by atoms with Gasteiger partial charge >= 0.3 is 16.8 Å². The third kappa shape index (κ3) is 4.78. The number of aromatic carboxylic acids is 1. The van der Waals surface area contributed by atoms with Crippen molar-refractivity contribution in [2.75, 3.05) is 0 Å². The van der Waals surface area contributed by atoms with E-state index in [-0.39, 0.29) is 0 Å². The summed E-state index contributed by atoms with van der Waals surface area (Å²) in [5, 5.41) is 6.01. The molecule has 0 aliphatic carbocycles. The summed E-state index contributed by atoms with van der Waals surface area (Å²) < 4.78 is 73.7. The summed E-state index contributed by atoms with van der Waals surface area (Å²) in [6.45, 7) is 0. The summed E-state index contributed by atoms with van der Waals surface area (Å²) in [5.74, 6) is -1.64. The second-order valence-corrected chi connectivity index (χ2v) is 5.46. The van der Waals surface area contributed by atoms with E-state index in [9.17, 15) is 30.6 Å². The number of rotatable bonds is 3. The smallest absolute Gasteiger partial charge is 0.446 e. The zero-order chi connectivity index (χ0) is 14.8. The molecule has 0 saturated heterocycles. The zero-order valence-corrected chi connectivity index (χ0v) is 10.3. The minimum Gasteiger partial charge on any atom is -0.478 e. The molecular weight excluding hydrogens is 318 g/mol. The largest absolute Gasteiger partial charge is 0.478 e. The summed E-state index contributed by atoms with van der Waals surface area (Å²) in [6, 6.07) is 1.76. The Morgan fingerprint density at radius 2 is 1.79 bits per heavy atom. The van der Waals surface area contributed by atoms with Crippen molar-refractivity contribution in [2.45, 2.75) is 15.3 Å². The van der Waals surface area contributed by atoms with E-state index in [1.54, 1.807) is 0 Å². The van der Waals surface area contributed by atoms with Gasteiger partial charge in [0.05, 0.1) is 16.4 Å². The van der Waals surface area contributed by atoms with Crippen LogP contribution in [0.5, 0.6) is 0 Å². The van der Waals surface area contributed by atoms with Crippen LogP contribution in [0.4, 0.5) is 25.8 Å². The molecule has 1 atom stereocenters. The van der Waals surface area contributed by atoms with Crippen LogP contribution in [0.3, 0.4) is 0 Å². The Morgan fingerprint density at radius 1 is 1.21 bits per heavy atom. The van der Waals surface area contributed by atoms with Gasteiger partial charge in [-0.1, -0.05) is 0 Å². The first-order valence-corrected chi connectivity index (χ1v) is 6.27. The minimum absolute atomic E-state index is 0.548. The predicted octanol–water partition coefficient (Wildman–Crippen LogP) is 4.54. The average molecular weight is 322 g/mol. The molecule has 0 radical (unpaired) electrons. The van der Waals surface area contributed by atoms with Crippen LogP contribution in [0.2, 0.25) is 0 Å². The topological polar surface area (TPSA) is 37.3 Å². The number of carboxylic acids is 1. The van der Waals surface area contributed by atoms with E-state index >= 15 is 0 Å². The molecule has 0 saturated carbocycles. The van der Waals surface area contributed by atoms with Gasteiger partial charge in [0.25, 0.3) is 0 Å². The summed E-state index contributed by atoms with van der Waals surface area (Å²) in [7, 11) is -3.21. The number of hydrogen-bond acceptors (Lipinski definition) is 2. The van der Waals surface area contributed by atoms with Crippen LogP contribution in [0, 0.1) is 0 Å². The molecule has 10 heteroatoms. The number of thioether (sulfide) groups is 1. The van der Waals surface area contributed by atoms with E-state index in [2.05, 4.69) is 0 Å². The summed E-state index contributed by atoms with van der Waals surface area (Å²) in [5.41, 5.74) is -5.43. The fraction of sp³-hybridized carbons (Fsp3) is 0.111. The van der Waals surface area contributed by atoms with Crippen molar-refractivity contribution < 1.29 is 35.7 Å². The highest BCUT2D eigenvalue weighted by Crippen LogP contribution is 2.40. The lowest BCUT2D eigenvalue weighted by atomic mass is 10.2. The van der Waals surface area contributed by atoms with E-state index in [1.165, 1.54) is 0 Å². The molecule has 1 unspecified atom stereocenters. The number of carbonyl (C=O) groups is 1. The van der Waals surface area contributed by atoms with Gasteiger partial charge in [0.15, 0.2) is 0 Å². The molecule has 1 aromatic rings. The van der Waals surface area contributed by atoms with Crippen LogP contribution in [-0.2, 0) is 0 Å². The van der Waals surface area contributed by atoms with Gasteiger partial charge in [-0.15, -0.1) is 0 Å². The first-order chi connectivity index (χ1) is 8.60. The van der Waals surface area contributed by atoms with Crippen LogP contribution >= 0.6 is 22.6 Å². The zero-order valence-electron chi connectivity index (χ0n) is 8.67. The number of hydrogen-bond donors (Lipinski definition) is 1. The van der Waals surface area contributed by atoms with Crippen molar-refractivity contribution in [3.8, 4) is 0 Å². The molecule has 0 amide bonds. The summed E-state index contributed by atoms with van der Waals surface area (Å²) in [6.07, 6.45) is 0. The molecule has 0 bridgehead atoms. The van der Waals surface area contributed by atoms with Gasteiger partial charge in [-0.25, -0.2) is 4.79 Å².